The van der Waals surface area contributed by atoms with Gasteiger partial charge < -0.3 is 4.57 Å². The van der Waals surface area contributed by atoms with Crippen molar-refractivity contribution < 1.29 is 0 Å². The molecule has 0 aromatic carbocycles. The van der Waals surface area contributed by atoms with Crippen LogP contribution in [0.2, 0.25) is 0 Å². The number of pyridine rings is 1. The summed E-state index contributed by atoms with van der Waals surface area (Å²) >= 11 is 0. The van der Waals surface area contributed by atoms with Gasteiger partial charge in [0.2, 0.25) is 0 Å². The first kappa shape index (κ1) is 7.97. The van der Waals surface area contributed by atoms with Crippen LogP contribution >= 0.6 is 0 Å². The van der Waals surface area contributed by atoms with E-state index in [2.05, 4.69) is 27.5 Å². The first-order chi connectivity index (χ1) is 6.75. The normalized spacial score (nSPS) is 20.3. The Labute approximate surface area is 82.8 Å². The first-order valence-electron chi connectivity index (χ1n) is 5.09. The third-order valence-electron chi connectivity index (χ3n) is 2.99. The number of aromatic nitrogens is 3. The Morgan fingerprint density at radius 1 is 1.36 bits per heavy atom. The van der Waals surface area contributed by atoms with Crippen molar-refractivity contribution >= 4 is 11.2 Å². The van der Waals surface area contributed by atoms with Crippen molar-refractivity contribution in [1.29, 1.82) is 0 Å². The van der Waals surface area contributed by atoms with Crippen molar-refractivity contribution in [3.63, 3.8) is 0 Å². The minimum absolute atomic E-state index is 0.588. The van der Waals surface area contributed by atoms with E-state index in [1.807, 2.05) is 13.0 Å². The van der Waals surface area contributed by atoms with Crippen molar-refractivity contribution in [1.82, 2.24) is 14.5 Å². The summed E-state index contributed by atoms with van der Waals surface area (Å²) in [6, 6.07) is 4.09. The molecule has 0 saturated carbocycles. The average Bonchev–Trinajstić information content (AvgIpc) is 2.67. The Morgan fingerprint density at radius 3 is 3.07 bits per heavy atom. The molecule has 3 heteroatoms. The maximum atomic E-state index is 4.62. The predicted molar refractivity (Wildman–Crippen MR) is 55.3 cm³/mol. The zero-order chi connectivity index (χ0) is 9.71. The minimum atomic E-state index is 0.588. The van der Waals surface area contributed by atoms with Crippen molar-refractivity contribution in [3.05, 3.63) is 23.7 Å². The molecule has 1 unspecified atom stereocenters. The molecule has 0 amide bonds. The maximum absolute atomic E-state index is 4.62. The van der Waals surface area contributed by atoms with E-state index in [1.165, 1.54) is 12.2 Å². The van der Waals surface area contributed by atoms with Gasteiger partial charge in [0.25, 0.3) is 0 Å². The Bertz CT molecular complexity index is 498. The lowest BCUT2D eigenvalue weighted by Crippen LogP contribution is -1.94. The SMILES string of the molecule is Cc1ccc2nc3n(c2n1)CCC3C. The van der Waals surface area contributed by atoms with E-state index < -0.39 is 0 Å². The fourth-order valence-corrected chi connectivity index (χ4v) is 2.16. The molecule has 1 atom stereocenters. The van der Waals surface area contributed by atoms with Gasteiger partial charge in [-0.15, -0.1) is 0 Å². The van der Waals surface area contributed by atoms with Crippen LogP contribution in [0.4, 0.5) is 0 Å². The van der Waals surface area contributed by atoms with E-state index in [0.717, 1.165) is 23.4 Å². The van der Waals surface area contributed by atoms with Gasteiger partial charge in [-0.3, -0.25) is 0 Å². The molecular formula is C11H13N3. The summed E-state index contributed by atoms with van der Waals surface area (Å²) in [5, 5.41) is 0. The van der Waals surface area contributed by atoms with Crippen LogP contribution in [-0.4, -0.2) is 14.5 Å². The van der Waals surface area contributed by atoms with E-state index in [9.17, 15) is 0 Å². The van der Waals surface area contributed by atoms with Crippen LogP contribution in [0.3, 0.4) is 0 Å². The summed E-state index contributed by atoms with van der Waals surface area (Å²) < 4.78 is 2.26. The molecule has 2 aromatic rings. The molecule has 1 aliphatic heterocycles. The van der Waals surface area contributed by atoms with Crippen LogP contribution in [0, 0.1) is 6.92 Å². The second-order valence-electron chi connectivity index (χ2n) is 4.11. The van der Waals surface area contributed by atoms with E-state index in [1.54, 1.807) is 0 Å². The topological polar surface area (TPSA) is 30.7 Å². The van der Waals surface area contributed by atoms with E-state index in [4.69, 9.17) is 0 Å². The molecule has 0 saturated heterocycles. The van der Waals surface area contributed by atoms with Crippen LogP contribution in [0.25, 0.3) is 11.2 Å². The molecule has 0 spiro atoms. The molecule has 2 aromatic heterocycles. The van der Waals surface area contributed by atoms with Crippen molar-refractivity contribution in [2.75, 3.05) is 0 Å². The summed E-state index contributed by atoms with van der Waals surface area (Å²) in [7, 11) is 0. The fraction of sp³-hybridized carbons (Fsp3) is 0.455. The van der Waals surface area contributed by atoms with Gasteiger partial charge in [-0.1, -0.05) is 6.92 Å². The highest BCUT2D eigenvalue weighted by Crippen LogP contribution is 2.29. The molecule has 3 heterocycles. The standard InChI is InChI=1S/C11H13N3/c1-7-5-6-14-10(7)13-9-4-3-8(2)12-11(9)14/h3-4,7H,5-6H2,1-2H3. The monoisotopic (exact) mass is 187 g/mol. The number of fused-ring (bicyclic) bond motifs is 3. The smallest absolute Gasteiger partial charge is 0.160 e. The molecule has 0 fully saturated rings. The van der Waals surface area contributed by atoms with Crippen LogP contribution in [0.15, 0.2) is 12.1 Å². The molecule has 0 radical (unpaired) electrons. The van der Waals surface area contributed by atoms with Crippen LogP contribution in [0.5, 0.6) is 0 Å². The van der Waals surface area contributed by atoms with Gasteiger partial charge >= 0.3 is 0 Å². The van der Waals surface area contributed by atoms with Crippen molar-refractivity contribution in [2.24, 2.45) is 0 Å². The number of imidazole rings is 1. The Morgan fingerprint density at radius 2 is 2.21 bits per heavy atom. The molecule has 0 bridgehead atoms. The van der Waals surface area contributed by atoms with Crippen LogP contribution in [0.1, 0.15) is 30.8 Å². The Balaban J connectivity index is 2.36. The fourth-order valence-electron chi connectivity index (χ4n) is 2.16. The summed E-state index contributed by atoms with van der Waals surface area (Å²) in [6.07, 6.45) is 1.20. The zero-order valence-corrected chi connectivity index (χ0v) is 8.49. The Hall–Kier alpha value is -1.38. The van der Waals surface area contributed by atoms with Gasteiger partial charge in [-0.2, -0.15) is 0 Å². The number of hydrogen-bond donors (Lipinski definition) is 0. The highest BCUT2D eigenvalue weighted by atomic mass is 15.1. The molecule has 14 heavy (non-hydrogen) atoms. The van der Waals surface area contributed by atoms with Gasteiger partial charge in [-0.25, -0.2) is 9.97 Å². The zero-order valence-electron chi connectivity index (χ0n) is 8.49. The largest absolute Gasteiger partial charge is 0.312 e. The highest BCUT2D eigenvalue weighted by molar-refractivity contribution is 5.72. The molecule has 72 valence electrons. The third-order valence-corrected chi connectivity index (χ3v) is 2.99. The molecule has 3 nitrogen and oxygen atoms in total. The van der Waals surface area contributed by atoms with E-state index in [0.29, 0.717) is 5.92 Å². The summed E-state index contributed by atoms with van der Waals surface area (Å²) in [4.78, 5) is 9.16. The number of hydrogen-bond acceptors (Lipinski definition) is 2. The average molecular weight is 187 g/mol. The minimum Gasteiger partial charge on any atom is -0.312 e. The molecule has 0 N–H and O–H groups in total. The van der Waals surface area contributed by atoms with Gasteiger partial charge in [0, 0.05) is 18.2 Å². The van der Waals surface area contributed by atoms with E-state index >= 15 is 0 Å². The molecule has 0 aliphatic carbocycles. The van der Waals surface area contributed by atoms with E-state index in [-0.39, 0.29) is 0 Å². The van der Waals surface area contributed by atoms with Crippen molar-refractivity contribution in [3.8, 4) is 0 Å². The second kappa shape index (κ2) is 2.56. The van der Waals surface area contributed by atoms with Gasteiger partial charge in [-0.05, 0) is 25.5 Å². The maximum Gasteiger partial charge on any atom is 0.160 e. The molecular weight excluding hydrogens is 174 g/mol. The lowest BCUT2D eigenvalue weighted by Gasteiger charge is -1.97. The predicted octanol–water partition coefficient (Wildman–Crippen LogP) is 2.25. The lowest BCUT2D eigenvalue weighted by atomic mass is 10.1. The summed E-state index contributed by atoms with van der Waals surface area (Å²) in [6.45, 7) is 5.33. The molecule has 1 aliphatic rings. The molecule has 3 rings (SSSR count). The second-order valence-corrected chi connectivity index (χ2v) is 4.11. The highest BCUT2D eigenvalue weighted by Gasteiger charge is 2.23. The summed E-state index contributed by atoms with van der Waals surface area (Å²) in [5.41, 5.74) is 3.17. The lowest BCUT2D eigenvalue weighted by molar-refractivity contribution is 0.707. The van der Waals surface area contributed by atoms with Crippen molar-refractivity contribution in [2.45, 2.75) is 32.7 Å². The first-order valence-corrected chi connectivity index (χ1v) is 5.09. The van der Waals surface area contributed by atoms with Gasteiger partial charge in [0.1, 0.15) is 11.3 Å². The Kier molecular flexibility index (Phi) is 1.46. The number of aryl methyl sites for hydroxylation is 2. The van der Waals surface area contributed by atoms with Crippen LogP contribution < -0.4 is 0 Å². The van der Waals surface area contributed by atoms with Gasteiger partial charge in [0.15, 0.2) is 5.65 Å². The number of nitrogens with zero attached hydrogens (tertiary/aromatic N) is 3. The van der Waals surface area contributed by atoms with Crippen LogP contribution in [-0.2, 0) is 6.54 Å². The summed E-state index contributed by atoms with van der Waals surface area (Å²) in [5.74, 6) is 1.79. The third kappa shape index (κ3) is 0.924. The quantitative estimate of drug-likeness (QED) is 0.633. The number of rotatable bonds is 0. The van der Waals surface area contributed by atoms with Gasteiger partial charge in [0.05, 0.1) is 0 Å².